The molecule has 70 heavy (non-hydrogen) atoms. The van der Waals surface area contributed by atoms with Gasteiger partial charge >= 0.3 is 11.9 Å². The Morgan fingerprint density at radius 2 is 1.17 bits per heavy atom. The number of carbonyl (C=O) groups excluding carboxylic acids is 2. The number of aromatic nitrogens is 4. The van der Waals surface area contributed by atoms with Gasteiger partial charge in [-0.1, -0.05) is 24.9 Å². The number of halogens is 2. The highest BCUT2D eigenvalue weighted by atomic mass is 32.2. The molecule has 12 rings (SSSR count). The van der Waals surface area contributed by atoms with E-state index in [2.05, 4.69) is 5.32 Å². The van der Waals surface area contributed by atoms with E-state index in [0.717, 1.165) is 63.3 Å². The average Bonchev–Trinajstić information content (AvgIpc) is 3.89. The Balaban J connectivity index is 0.000000160. The quantitative estimate of drug-likeness (QED) is 0.145. The molecule has 368 valence electrons. The van der Waals surface area contributed by atoms with Crippen molar-refractivity contribution in [2.24, 2.45) is 5.73 Å². The van der Waals surface area contributed by atoms with Crippen LogP contribution in [0.1, 0.15) is 118 Å². The predicted molar refractivity (Wildman–Crippen MR) is 252 cm³/mol. The zero-order chi connectivity index (χ0) is 49.3. The van der Waals surface area contributed by atoms with Crippen LogP contribution in [0, 0.1) is 25.5 Å². The molecule has 4 aliphatic heterocycles. The fourth-order valence-corrected chi connectivity index (χ4v) is 11.4. The normalized spacial score (nSPS) is 22.1. The number of nitrogens with two attached hydrogens (primary N) is 1. The Bertz CT molecular complexity index is 3460. The molecule has 0 fully saturated rings. The minimum absolute atomic E-state index is 0. The molecule has 0 spiro atoms. The van der Waals surface area contributed by atoms with E-state index in [4.69, 9.17) is 33.9 Å². The third kappa shape index (κ3) is 6.93. The van der Waals surface area contributed by atoms with Crippen LogP contribution in [-0.4, -0.2) is 68.8 Å². The third-order valence-corrected chi connectivity index (χ3v) is 15.1. The fraction of sp³-hybridized carbons (Fsp3) is 0.400. The standard InChI is InChI=1S/C25H24FN3O4.C24H22FN3O4.CH4O2S.H2O/c1-4-25(32)15-7-19-22-13(9-29(19)23(30)14(15)10-33-24(25)31)21-17(27-3)6-5-12-11(2)16(26)8-18(28-22)20(12)21;1-3-24(31)14-6-18-21-12(8-28(18)22(29)13(14)9-32-23(24)30)19-16(26)5-4-11-10(2)15(25)7-17(27-21)20(11)19;1-4(2)3;/h7-8,17,27,32H,4-6,9-10H2,1-3H3;6-7,16,31H,3-5,8-9,26H2,1-2H3;1H3,(H,2,3);1H2/p-1/t17-,25-;16?,24-;;/m00../s1. The topological polar surface area (TPSA) is 273 Å². The van der Waals surface area contributed by atoms with Crippen molar-refractivity contribution < 1.29 is 52.3 Å². The molecular weight excluding hydrogens is 931 g/mol. The molecule has 7 N–H and O–H groups in total. The number of carbonyl (C=O) groups is 2. The molecule has 4 aromatic heterocycles. The SMILES string of the molecule is CC[C@@]1(O)C(=O)OCc2c1cc1n(c2=O)Cc2c-1nc1cc(F)c(C)c3c1c2C(N)CC3.CC[C@@]1(O)C(=O)OCc2c1cc1n(c2=O)Cc2c-1nc1cc(F)c(C)c3c1c2[C@@H](NC)CC3.CS(=O)[O-].O. The number of ether oxygens (including phenoxy) is 2. The number of rotatable bonds is 3. The number of pyridine rings is 4. The number of fused-ring (bicyclic) bond motifs is 10. The lowest BCUT2D eigenvalue weighted by atomic mass is 9.81. The van der Waals surface area contributed by atoms with E-state index < -0.39 is 34.2 Å². The van der Waals surface area contributed by atoms with Crippen molar-refractivity contribution in [1.29, 1.82) is 0 Å². The van der Waals surface area contributed by atoms with Crippen LogP contribution in [0.25, 0.3) is 44.6 Å². The highest BCUT2D eigenvalue weighted by Crippen LogP contribution is 2.48. The molecule has 8 heterocycles. The summed E-state index contributed by atoms with van der Waals surface area (Å²) in [6, 6.07) is 6.06. The summed E-state index contributed by atoms with van der Waals surface area (Å²) in [5.74, 6) is -2.12. The van der Waals surface area contributed by atoms with Gasteiger partial charge < -0.3 is 49.9 Å². The van der Waals surface area contributed by atoms with Crippen LogP contribution in [0.15, 0.2) is 33.9 Å². The number of nitrogens with one attached hydrogen (secondary N) is 1. The number of hydrogen-bond acceptors (Lipinski definition) is 14. The van der Waals surface area contributed by atoms with E-state index in [-0.39, 0.29) is 89.6 Å². The summed E-state index contributed by atoms with van der Waals surface area (Å²) in [7, 11) is 1.90. The van der Waals surface area contributed by atoms with Gasteiger partial charge in [-0.05, 0) is 111 Å². The minimum atomic E-state index is -1.89. The Labute approximate surface area is 401 Å². The number of nitrogens with zero attached hydrogens (tertiary/aromatic N) is 4. The fourth-order valence-electron chi connectivity index (χ4n) is 11.4. The molecule has 20 heteroatoms. The van der Waals surface area contributed by atoms with Gasteiger partial charge in [0.25, 0.3) is 11.1 Å². The molecule has 0 saturated carbocycles. The van der Waals surface area contributed by atoms with Gasteiger partial charge in [0.15, 0.2) is 11.2 Å². The molecule has 0 saturated heterocycles. The van der Waals surface area contributed by atoms with Crippen LogP contribution in [0.2, 0.25) is 0 Å². The molecule has 17 nitrogen and oxygen atoms in total. The summed E-state index contributed by atoms with van der Waals surface area (Å²) in [6.45, 7) is 7.19. The largest absolute Gasteiger partial charge is 0.773 e. The summed E-state index contributed by atoms with van der Waals surface area (Å²) in [5.41, 5.74) is 13.4. The van der Waals surface area contributed by atoms with E-state index in [9.17, 15) is 38.2 Å². The molecule has 0 radical (unpaired) electrons. The number of aliphatic hydroxyl groups is 2. The third-order valence-electron chi connectivity index (χ3n) is 15.1. The Morgan fingerprint density at radius 3 is 1.60 bits per heavy atom. The second-order valence-corrected chi connectivity index (χ2v) is 19.4. The van der Waals surface area contributed by atoms with Crippen molar-refractivity contribution in [3.05, 3.63) is 123 Å². The monoisotopic (exact) mass is 981 g/mol. The van der Waals surface area contributed by atoms with Crippen molar-refractivity contribution in [3.8, 4) is 22.8 Å². The highest BCUT2D eigenvalue weighted by Gasteiger charge is 2.47. The summed E-state index contributed by atoms with van der Waals surface area (Å²) < 4.78 is 60.9. The highest BCUT2D eigenvalue weighted by molar-refractivity contribution is 7.78. The maximum absolute atomic E-state index is 14.8. The molecule has 5 atom stereocenters. The molecule has 0 bridgehead atoms. The minimum Gasteiger partial charge on any atom is -0.773 e. The molecule has 2 unspecified atom stereocenters. The maximum Gasteiger partial charge on any atom is 0.343 e. The number of cyclic esters (lactones) is 2. The van der Waals surface area contributed by atoms with Crippen LogP contribution in [0.5, 0.6) is 0 Å². The van der Waals surface area contributed by atoms with E-state index in [1.54, 1.807) is 49.0 Å². The first-order valence-corrected chi connectivity index (χ1v) is 24.3. The number of esters is 2. The lowest BCUT2D eigenvalue weighted by Crippen LogP contribution is -2.44. The first-order chi connectivity index (χ1) is 32.8. The van der Waals surface area contributed by atoms with E-state index >= 15 is 0 Å². The smallest absolute Gasteiger partial charge is 0.343 e. The molecular formula is C50H51F2N6O11S-. The molecule has 6 aliphatic rings. The molecule has 2 aromatic carbocycles. The zero-order valence-electron chi connectivity index (χ0n) is 39.2. The maximum atomic E-state index is 14.8. The number of benzene rings is 2. The van der Waals surface area contributed by atoms with E-state index in [1.807, 2.05) is 7.05 Å². The van der Waals surface area contributed by atoms with Gasteiger partial charge in [-0.2, -0.15) is 0 Å². The first kappa shape index (κ1) is 48.9. The Morgan fingerprint density at radius 1 is 0.757 bits per heavy atom. The lowest BCUT2D eigenvalue weighted by Gasteiger charge is -2.31. The molecule has 6 aromatic rings. The van der Waals surface area contributed by atoms with Crippen LogP contribution in [-0.2, 0) is 80.5 Å². The van der Waals surface area contributed by atoms with Crippen LogP contribution in [0.3, 0.4) is 0 Å². The van der Waals surface area contributed by atoms with Crippen molar-refractivity contribution in [1.82, 2.24) is 24.4 Å². The van der Waals surface area contributed by atoms with Crippen LogP contribution < -0.4 is 22.2 Å². The van der Waals surface area contributed by atoms with Gasteiger partial charge in [0.2, 0.25) is 0 Å². The molecule has 0 amide bonds. The second kappa shape index (κ2) is 17.3. The van der Waals surface area contributed by atoms with Crippen LogP contribution in [0.4, 0.5) is 8.78 Å². The Kier molecular flexibility index (Phi) is 12.1. The lowest BCUT2D eigenvalue weighted by molar-refractivity contribution is -0.172. The number of hydrogen-bond donors (Lipinski definition) is 4. The predicted octanol–water partition coefficient (Wildman–Crippen LogP) is 3.88. The van der Waals surface area contributed by atoms with Gasteiger partial charge in [-0.15, -0.1) is 0 Å². The molecule has 2 aliphatic carbocycles. The first-order valence-electron chi connectivity index (χ1n) is 22.9. The van der Waals surface area contributed by atoms with E-state index in [1.165, 1.54) is 12.1 Å². The van der Waals surface area contributed by atoms with E-state index in [0.29, 0.717) is 69.9 Å². The van der Waals surface area contributed by atoms with Gasteiger partial charge in [-0.3, -0.25) is 13.8 Å². The zero-order valence-corrected chi connectivity index (χ0v) is 40.0. The summed E-state index contributed by atoms with van der Waals surface area (Å²) in [4.78, 5) is 61.2. The van der Waals surface area contributed by atoms with Gasteiger partial charge in [0, 0.05) is 57.2 Å². The number of aryl methyl sites for hydroxylation is 2. The Hall–Kier alpha value is -6.13. The van der Waals surface area contributed by atoms with Crippen molar-refractivity contribution in [2.45, 2.75) is 116 Å². The summed E-state index contributed by atoms with van der Waals surface area (Å²) in [5, 5.41) is 27.3. The summed E-state index contributed by atoms with van der Waals surface area (Å²) >= 11 is -1.86. The van der Waals surface area contributed by atoms with Gasteiger partial charge in [0.05, 0.1) is 58.0 Å². The summed E-state index contributed by atoms with van der Waals surface area (Å²) in [6.07, 6.45) is 4.17. The van der Waals surface area contributed by atoms with Gasteiger partial charge in [-0.25, -0.2) is 28.3 Å². The van der Waals surface area contributed by atoms with Crippen molar-refractivity contribution in [2.75, 3.05) is 13.3 Å². The van der Waals surface area contributed by atoms with Crippen molar-refractivity contribution in [3.63, 3.8) is 0 Å². The van der Waals surface area contributed by atoms with Crippen molar-refractivity contribution >= 4 is 44.8 Å². The average molecular weight is 982 g/mol. The van der Waals surface area contributed by atoms with Crippen LogP contribution >= 0.6 is 0 Å². The second-order valence-electron chi connectivity index (χ2n) is 18.6. The van der Waals surface area contributed by atoms with Gasteiger partial charge in [0.1, 0.15) is 24.8 Å².